The molecule has 0 spiro atoms. The fourth-order valence-electron chi connectivity index (χ4n) is 2.63. The number of hydrogen-bond donors (Lipinski definition) is 1. The number of nitrogen functional groups attached to an aromatic ring is 1. The number of pyridine rings is 1. The first-order valence-electron chi connectivity index (χ1n) is 8.04. The van der Waals surface area contributed by atoms with Gasteiger partial charge in [0.25, 0.3) is 0 Å². The molecule has 1 aliphatic heterocycles. The number of aromatic nitrogens is 3. The van der Waals surface area contributed by atoms with Crippen LogP contribution in [0.25, 0.3) is 0 Å². The van der Waals surface area contributed by atoms with Crippen LogP contribution in [0.4, 0.5) is 14.9 Å². The van der Waals surface area contributed by atoms with Gasteiger partial charge in [0.15, 0.2) is 17.3 Å². The third-order valence-corrected chi connectivity index (χ3v) is 3.94. The minimum Gasteiger partial charge on any atom is -0.436 e. The molecule has 1 aromatic carbocycles. The number of nitrogens with zero attached hydrogens (tertiary/aromatic N) is 4. The number of hydrogen-bond acceptors (Lipinski definition) is 7. The lowest BCUT2D eigenvalue weighted by Gasteiger charge is -2.27. The van der Waals surface area contributed by atoms with Gasteiger partial charge in [-0.05, 0) is 12.1 Å². The van der Waals surface area contributed by atoms with Gasteiger partial charge in [-0.2, -0.15) is 5.10 Å². The number of amides is 1. The Balaban J connectivity index is 1.52. The Morgan fingerprint density at radius 1 is 1.30 bits per heavy atom. The molecule has 0 bridgehead atoms. The highest BCUT2D eigenvalue weighted by Gasteiger charge is 2.27. The van der Waals surface area contributed by atoms with Crippen molar-refractivity contribution in [1.82, 2.24) is 20.1 Å². The van der Waals surface area contributed by atoms with E-state index in [1.165, 1.54) is 23.4 Å². The highest BCUT2D eigenvalue weighted by molar-refractivity contribution is 5.73. The minimum absolute atomic E-state index is 0.0225. The fraction of sp³-hybridized carbons (Fsp3) is 0.111. The molecule has 3 heterocycles. The van der Waals surface area contributed by atoms with Gasteiger partial charge in [0.2, 0.25) is 5.88 Å². The zero-order valence-electron chi connectivity index (χ0n) is 14.0. The van der Waals surface area contributed by atoms with Crippen molar-refractivity contribution in [3.63, 3.8) is 0 Å². The molecule has 1 amide bonds. The summed E-state index contributed by atoms with van der Waals surface area (Å²) >= 11 is 0. The maximum atomic E-state index is 14.1. The summed E-state index contributed by atoms with van der Waals surface area (Å²) in [5, 5.41) is 7.53. The molecule has 4 rings (SSSR count). The highest BCUT2D eigenvalue weighted by Crippen LogP contribution is 2.30. The summed E-state index contributed by atoms with van der Waals surface area (Å²) in [7, 11) is 0. The van der Waals surface area contributed by atoms with E-state index >= 15 is 0 Å². The molecular formula is C18H14FN5O3. The molecule has 1 aliphatic rings. The molecule has 0 aliphatic carbocycles. The van der Waals surface area contributed by atoms with Gasteiger partial charge >= 0.3 is 6.09 Å². The second-order valence-corrected chi connectivity index (χ2v) is 5.82. The first-order valence-corrected chi connectivity index (χ1v) is 8.04. The lowest BCUT2D eigenvalue weighted by Crippen LogP contribution is -2.37. The quantitative estimate of drug-likeness (QED) is 0.707. The number of ether oxygens (including phenoxy) is 2. The van der Waals surface area contributed by atoms with E-state index in [4.69, 9.17) is 15.2 Å². The van der Waals surface area contributed by atoms with Crippen molar-refractivity contribution >= 4 is 11.8 Å². The average Bonchev–Trinajstić information content (AvgIpc) is 2.67. The summed E-state index contributed by atoms with van der Waals surface area (Å²) < 4.78 is 24.9. The standard InChI is InChI=1S/C18H14FN5O3/c19-17-11(3-1-4-13(17)20)9-24-10-14-15(27-18(24)25)7-12(8-21-14)26-16-5-2-6-22-23-16/h1-8H,9-10,20H2. The van der Waals surface area contributed by atoms with Crippen molar-refractivity contribution in [1.29, 1.82) is 0 Å². The van der Waals surface area contributed by atoms with Crippen LogP contribution >= 0.6 is 0 Å². The lowest BCUT2D eigenvalue weighted by molar-refractivity contribution is 0.133. The molecule has 2 aromatic heterocycles. The van der Waals surface area contributed by atoms with Crippen molar-refractivity contribution in [3.8, 4) is 17.4 Å². The van der Waals surface area contributed by atoms with Crippen molar-refractivity contribution in [2.24, 2.45) is 0 Å². The third-order valence-electron chi connectivity index (χ3n) is 3.94. The molecule has 0 saturated heterocycles. The van der Waals surface area contributed by atoms with E-state index in [-0.39, 0.29) is 24.5 Å². The van der Waals surface area contributed by atoms with Gasteiger partial charge in [-0.1, -0.05) is 12.1 Å². The van der Waals surface area contributed by atoms with E-state index in [0.717, 1.165) is 0 Å². The minimum atomic E-state index is -0.609. The third kappa shape index (κ3) is 3.47. The normalized spacial score (nSPS) is 13.1. The van der Waals surface area contributed by atoms with E-state index in [9.17, 15) is 9.18 Å². The molecule has 0 unspecified atom stereocenters. The molecule has 0 saturated carbocycles. The second-order valence-electron chi connectivity index (χ2n) is 5.82. The van der Waals surface area contributed by atoms with E-state index in [2.05, 4.69) is 15.2 Å². The van der Waals surface area contributed by atoms with Crippen LogP contribution in [0, 0.1) is 5.82 Å². The molecule has 0 atom stereocenters. The predicted molar refractivity (Wildman–Crippen MR) is 92.4 cm³/mol. The van der Waals surface area contributed by atoms with Gasteiger partial charge < -0.3 is 15.2 Å². The van der Waals surface area contributed by atoms with Crippen LogP contribution < -0.4 is 15.2 Å². The molecule has 8 nitrogen and oxygen atoms in total. The molecule has 2 N–H and O–H groups in total. The summed E-state index contributed by atoms with van der Waals surface area (Å²) in [6.45, 7) is 0.197. The van der Waals surface area contributed by atoms with E-state index in [1.54, 1.807) is 30.3 Å². The number of nitrogens with two attached hydrogens (primary N) is 1. The topological polar surface area (TPSA) is 103 Å². The molecule has 136 valence electrons. The second kappa shape index (κ2) is 6.87. The van der Waals surface area contributed by atoms with Gasteiger partial charge in [0.1, 0.15) is 5.69 Å². The van der Waals surface area contributed by atoms with E-state index in [0.29, 0.717) is 22.9 Å². The largest absolute Gasteiger partial charge is 0.436 e. The lowest BCUT2D eigenvalue weighted by atomic mass is 10.1. The smallest absolute Gasteiger partial charge is 0.415 e. The molecule has 27 heavy (non-hydrogen) atoms. The monoisotopic (exact) mass is 367 g/mol. The Bertz CT molecular complexity index is 1000. The molecule has 0 radical (unpaired) electrons. The first kappa shape index (κ1) is 16.7. The zero-order valence-corrected chi connectivity index (χ0v) is 14.0. The molecule has 3 aromatic rings. The van der Waals surface area contributed by atoms with E-state index in [1.807, 2.05) is 0 Å². The number of benzene rings is 1. The van der Waals surface area contributed by atoms with Crippen LogP contribution in [0.1, 0.15) is 11.3 Å². The number of carbonyl (C=O) groups excluding carboxylic acids is 1. The number of carbonyl (C=O) groups is 1. The maximum absolute atomic E-state index is 14.1. The summed E-state index contributed by atoms with van der Waals surface area (Å²) in [5.41, 5.74) is 6.44. The average molecular weight is 367 g/mol. The summed E-state index contributed by atoms with van der Waals surface area (Å²) in [5.74, 6) is 0.389. The molecule has 0 fully saturated rings. The van der Waals surface area contributed by atoms with Crippen LogP contribution in [0.5, 0.6) is 17.4 Å². The maximum Gasteiger partial charge on any atom is 0.415 e. The number of halogens is 1. The van der Waals surface area contributed by atoms with Crippen LogP contribution in [0.2, 0.25) is 0 Å². The predicted octanol–water partition coefficient (Wildman–Crippen LogP) is 2.90. The Kier molecular flexibility index (Phi) is 4.25. The van der Waals surface area contributed by atoms with Crippen molar-refractivity contribution in [3.05, 3.63) is 65.9 Å². The summed E-state index contributed by atoms with van der Waals surface area (Å²) in [6.07, 6.45) is 2.41. The van der Waals surface area contributed by atoms with Gasteiger partial charge in [-0.15, -0.1) is 5.10 Å². The van der Waals surface area contributed by atoms with Gasteiger partial charge in [-0.25, -0.2) is 9.18 Å². The highest BCUT2D eigenvalue weighted by atomic mass is 19.1. The van der Waals surface area contributed by atoms with Gasteiger partial charge in [-0.3, -0.25) is 9.88 Å². The summed E-state index contributed by atoms with van der Waals surface area (Å²) in [6, 6.07) is 9.53. The number of anilines is 1. The van der Waals surface area contributed by atoms with Gasteiger partial charge in [0.05, 0.1) is 25.0 Å². The summed E-state index contributed by atoms with van der Waals surface area (Å²) in [4.78, 5) is 17.9. The Hall–Kier alpha value is -3.75. The Morgan fingerprint density at radius 3 is 3.00 bits per heavy atom. The van der Waals surface area contributed by atoms with Crippen molar-refractivity contribution < 1.29 is 18.7 Å². The Labute approximate surface area is 153 Å². The van der Waals surface area contributed by atoms with Gasteiger partial charge in [0, 0.05) is 23.9 Å². The molecule has 9 heteroatoms. The SMILES string of the molecule is Nc1cccc(CN2Cc3ncc(Oc4cccnn4)cc3OC2=O)c1F. The molecular weight excluding hydrogens is 353 g/mol. The van der Waals surface area contributed by atoms with Crippen LogP contribution in [0.15, 0.2) is 48.8 Å². The van der Waals surface area contributed by atoms with Crippen molar-refractivity contribution in [2.75, 3.05) is 5.73 Å². The fourth-order valence-corrected chi connectivity index (χ4v) is 2.63. The van der Waals surface area contributed by atoms with Crippen LogP contribution in [0.3, 0.4) is 0 Å². The van der Waals surface area contributed by atoms with Crippen molar-refractivity contribution in [2.45, 2.75) is 13.1 Å². The van der Waals surface area contributed by atoms with Crippen LogP contribution in [-0.2, 0) is 13.1 Å². The van der Waals surface area contributed by atoms with E-state index < -0.39 is 11.9 Å². The van der Waals surface area contributed by atoms with Crippen LogP contribution in [-0.4, -0.2) is 26.2 Å². The zero-order chi connectivity index (χ0) is 18.8. The number of fused-ring (bicyclic) bond motifs is 1. The first-order chi connectivity index (χ1) is 13.1. The number of rotatable bonds is 4. The Morgan fingerprint density at radius 2 is 2.19 bits per heavy atom.